The summed E-state index contributed by atoms with van der Waals surface area (Å²) in [6.07, 6.45) is 3.39. The molecular formula is C26H25N5O2. The van der Waals surface area contributed by atoms with Crippen LogP contribution in [0.1, 0.15) is 38.8 Å². The molecule has 0 fully saturated rings. The van der Waals surface area contributed by atoms with Gasteiger partial charge in [-0.25, -0.2) is 4.68 Å². The lowest BCUT2D eigenvalue weighted by molar-refractivity contribution is 0.0949. The molecule has 7 nitrogen and oxygen atoms in total. The van der Waals surface area contributed by atoms with Crippen LogP contribution in [0, 0.1) is 6.92 Å². The maximum absolute atomic E-state index is 12.5. The summed E-state index contributed by atoms with van der Waals surface area (Å²) < 4.78 is 1.69. The van der Waals surface area contributed by atoms with Gasteiger partial charge in [-0.1, -0.05) is 42.5 Å². The van der Waals surface area contributed by atoms with E-state index in [0.29, 0.717) is 29.2 Å². The molecule has 1 amide bonds. The van der Waals surface area contributed by atoms with Gasteiger partial charge in [0.05, 0.1) is 17.4 Å². The Labute approximate surface area is 192 Å². The van der Waals surface area contributed by atoms with E-state index in [1.165, 1.54) is 6.92 Å². The number of pyridine rings is 1. The monoisotopic (exact) mass is 439 g/mol. The lowest BCUT2D eigenvalue weighted by Gasteiger charge is -2.08. The molecule has 7 heteroatoms. The van der Waals surface area contributed by atoms with Crippen molar-refractivity contribution in [2.75, 3.05) is 12.4 Å². The van der Waals surface area contributed by atoms with Crippen molar-refractivity contribution in [3.8, 4) is 16.9 Å². The quantitative estimate of drug-likeness (QED) is 0.416. The minimum atomic E-state index is -0.107. The number of benzene rings is 2. The molecule has 0 bridgehead atoms. The SMILES string of the molecule is CNc1c(C(C)=O)c(-c2ccc(CNC(=O)c3ccccc3C)cc2)nn1-c1cccnc1. The Morgan fingerprint density at radius 1 is 1.00 bits per heavy atom. The fourth-order valence-corrected chi connectivity index (χ4v) is 3.74. The van der Waals surface area contributed by atoms with Crippen LogP contribution < -0.4 is 10.6 Å². The Morgan fingerprint density at radius 3 is 2.39 bits per heavy atom. The summed E-state index contributed by atoms with van der Waals surface area (Å²) in [5.74, 6) is 0.420. The Bertz CT molecular complexity index is 1290. The lowest BCUT2D eigenvalue weighted by atomic mass is 10.0. The summed E-state index contributed by atoms with van der Waals surface area (Å²) in [5.41, 5.74) is 5.23. The van der Waals surface area contributed by atoms with Gasteiger partial charge in [-0.3, -0.25) is 14.6 Å². The van der Waals surface area contributed by atoms with E-state index in [1.807, 2.05) is 67.6 Å². The Balaban J connectivity index is 1.60. The summed E-state index contributed by atoms with van der Waals surface area (Å²) in [6, 6.07) is 18.9. The molecule has 2 aromatic heterocycles. The van der Waals surface area contributed by atoms with E-state index in [-0.39, 0.29) is 11.7 Å². The zero-order valence-electron chi connectivity index (χ0n) is 18.8. The summed E-state index contributed by atoms with van der Waals surface area (Å²) in [7, 11) is 1.76. The largest absolute Gasteiger partial charge is 0.372 e. The normalized spacial score (nSPS) is 10.6. The minimum absolute atomic E-state index is 0.0842. The molecule has 0 aliphatic carbocycles. The summed E-state index contributed by atoms with van der Waals surface area (Å²) in [5, 5.41) is 10.8. The first-order valence-corrected chi connectivity index (χ1v) is 10.6. The van der Waals surface area contributed by atoms with Crippen molar-refractivity contribution < 1.29 is 9.59 Å². The Kier molecular flexibility index (Phi) is 6.31. The molecule has 0 radical (unpaired) electrons. The number of rotatable bonds is 7. The molecule has 4 rings (SSSR count). The molecule has 4 aromatic rings. The van der Waals surface area contributed by atoms with E-state index >= 15 is 0 Å². The predicted molar refractivity (Wildman–Crippen MR) is 129 cm³/mol. The average Bonchev–Trinajstić information content (AvgIpc) is 3.24. The molecule has 2 heterocycles. The second-order valence-corrected chi connectivity index (χ2v) is 7.70. The standard InChI is InChI=1S/C26H25N5O2/c1-17-7-4-5-9-22(17)26(33)29-15-19-10-12-20(13-11-19)24-23(18(2)32)25(27-3)31(30-24)21-8-6-14-28-16-21/h4-14,16,27H,15H2,1-3H3,(H,29,33). The van der Waals surface area contributed by atoms with Gasteiger partial charge in [0.1, 0.15) is 11.5 Å². The number of carbonyl (C=O) groups excluding carboxylic acids is 2. The first-order valence-electron chi connectivity index (χ1n) is 10.6. The molecule has 0 spiro atoms. The number of ketones is 1. The van der Waals surface area contributed by atoms with Crippen LogP contribution in [0.15, 0.2) is 73.1 Å². The fraction of sp³-hybridized carbons (Fsp3) is 0.154. The van der Waals surface area contributed by atoms with Gasteiger partial charge in [0.15, 0.2) is 5.78 Å². The van der Waals surface area contributed by atoms with Crippen LogP contribution in [0.25, 0.3) is 16.9 Å². The number of nitrogens with zero attached hydrogens (tertiary/aromatic N) is 3. The molecular weight excluding hydrogens is 414 g/mol. The van der Waals surface area contributed by atoms with Gasteiger partial charge in [-0.05, 0) is 43.2 Å². The number of amides is 1. The molecule has 2 N–H and O–H groups in total. The van der Waals surface area contributed by atoms with E-state index in [4.69, 9.17) is 5.10 Å². The smallest absolute Gasteiger partial charge is 0.251 e. The first kappa shape index (κ1) is 22.0. The van der Waals surface area contributed by atoms with Gasteiger partial charge in [0, 0.05) is 30.9 Å². The van der Waals surface area contributed by atoms with Crippen molar-refractivity contribution >= 4 is 17.5 Å². The minimum Gasteiger partial charge on any atom is -0.372 e. The summed E-state index contributed by atoms with van der Waals surface area (Å²) in [6.45, 7) is 3.85. The lowest BCUT2D eigenvalue weighted by Crippen LogP contribution is -2.23. The molecule has 0 aliphatic heterocycles. The van der Waals surface area contributed by atoms with Crippen molar-refractivity contribution in [2.24, 2.45) is 0 Å². The molecule has 0 aliphatic rings. The third-order valence-corrected chi connectivity index (χ3v) is 5.43. The molecule has 166 valence electrons. The molecule has 2 aromatic carbocycles. The van der Waals surface area contributed by atoms with Gasteiger partial charge < -0.3 is 10.6 Å². The maximum Gasteiger partial charge on any atom is 0.251 e. The summed E-state index contributed by atoms with van der Waals surface area (Å²) >= 11 is 0. The fourth-order valence-electron chi connectivity index (χ4n) is 3.74. The van der Waals surface area contributed by atoms with Crippen molar-refractivity contribution in [1.29, 1.82) is 0 Å². The third-order valence-electron chi connectivity index (χ3n) is 5.43. The van der Waals surface area contributed by atoms with Crippen LogP contribution in [0.2, 0.25) is 0 Å². The molecule has 0 saturated heterocycles. The zero-order chi connectivity index (χ0) is 23.4. The Morgan fingerprint density at radius 2 is 1.76 bits per heavy atom. The molecule has 0 unspecified atom stereocenters. The molecule has 33 heavy (non-hydrogen) atoms. The molecule has 0 saturated carbocycles. The topological polar surface area (TPSA) is 88.9 Å². The zero-order valence-corrected chi connectivity index (χ0v) is 18.8. The van der Waals surface area contributed by atoms with Crippen LogP contribution in [0.5, 0.6) is 0 Å². The van der Waals surface area contributed by atoms with Gasteiger partial charge in [0.2, 0.25) is 0 Å². The van der Waals surface area contributed by atoms with E-state index < -0.39 is 0 Å². The van der Waals surface area contributed by atoms with Crippen molar-refractivity contribution in [3.63, 3.8) is 0 Å². The van der Waals surface area contributed by atoms with Gasteiger partial charge in [-0.15, -0.1) is 0 Å². The third kappa shape index (κ3) is 4.52. The van der Waals surface area contributed by atoms with Crippen molar-refractivity contribution in [2.45, 2.75) is 20.4 Å². The van der Waals surface area contributed by atoms with Crippen LogP contribution in [0.3, 0.4) is 0 Å². The number of aryl methyl sites for hydroxylation is 1. The average molecular weight is 440 g/mol. The van der Waals surface area contributed by atoms with E-state index in [0.717, 1.165) is 22.4 Å². The predicted octanol–water partition coefficient (Wildman–Crippen LogP) is 4.42. The maximum atomic E-state index is 12.5. The van der Waals surface area contributed by atoms with Crippen molar-refractivity contribution in [1.82, 2.24) is 20.1 Å². The number of hydrogen-bond acceptors (Lipinski definition) is 5. The van der Waals surface area contributed by atoms with Gasteiger partial charge in [-0.2, -0.15) is 5.10 Å². The highest BCUT2D eigenvalue weighted by atomic mass is 16.1. The van der Waals surface area contributed by atoms with Gasteiger partial charge >= 0.3 is 0 Å². The Hall–Kier alpha value is -4.26. The summed E-state index contributed by atoms with van der Waals surface area (Å²) in [4.78, 5) is 29.2. The number of hydrogen-bond donors (Lipinski definition) is 2. The second kappa shape index (κ2) is 9.48. The van der Waals surface area contributed by atoms with Crippen LogP contribution in [-0.4, -0.2) is 33.5 Å². The van der Waals surface area contributed by atoms with E-state index in [9.17, 15) is 9.59 Å². The van der Waals surface area contributed by atoms with Crippen molar-refractivity contribution in [3.05, 3.63) is 95.3 Å². The second-order valence-electron chi connectivity index (χ2n) is 7.70. The van der Waals surface area contributed by atoms with Crippen LogP contribution in [-0.2, 0) is 6.54 Å². The highest BCUT2D eigenvalue weighted by Gasteiger charge is 2.22. The molecule has 0 atom stereocenters. The highest BCUT2D eigenvalue weighted by Crippen LogP contribution is 2.31. The number of carbonyl (C=O) groups is 2. The number of nitrogens with one attached hydrogen (secondary N) is 2. The van der Waals surface area contributed by atoms with Gasteiger partial charge in [0.25, 0.3) is 5.91 Å². The van der Waals surface area contributed by atoms with Crippen LogP contribution >= 0.6 is 0 Å². The first-order chi connectivity index (χ1) is 16.0. The number of aromatic nitrogens is 3. The van der Waals surface area contributed by atoms with E-state index in [2.05, 4.69) is 15.6 Å². The number of anilines is 1. The highest BCUT2D eigenvalue weighted by molar-refractivity contribution is 6.05. The number of Topliss-reactive ketones (excluding diaryl/α,β-unsaturated/α-hetero) is 1. The van der Waals surface area contributed by atoms with E-state index in [1.54, 1.807) is 24.1 Å². The van der Waals surface area contributed by atoms with Crippen LogP contribution in [0.4, 0.5) is 5.82 Å².